The van der Waals surface area contributed by atoms with E-state index in [0.29, 0.717) is 28.1 Å². The number of aromatic nitrogens is 3. The van der Waals surface area contributed by atoms with Crippen molar-refractivity contribution >= 4 is 26.8 Å². The van der Waals surface area contributed by atoms with E-state index in [1.165, 1.54) is 6.20 Å². The van der Waals surface area contributed by atoms with E-state index in [-0.39, 0.29) is 22.4 Å². The topological polar surface area (TPSA) is 112 Å². The summed E-state index contributed by atoms with van der Waals surface area (Å²) in [7, 11) is -3.32. The zero-order valence-electron chi connectivity index (χ0n) is 14.5. The highest BCUT2D eigenvalue weighted by atomic mass is 32.2. The fourth-order valence-corrected chi connectivity index (χ4v) is 3.61. The monoisotopic (exact) mass is 380 g/mol. The number of nitrogen functional groups attached to an aromatic ring is 1. The Morgan fingerprint density at radius 1 is 1.07 bits per heavy atom. The summed E-state index contributed by atoms with van der Waals surface area (Å²) in [6, 6.07) is 13.9. The standard InChI is InChI=1S/C19H16N4O3S/c1-2-27(24,25)13-7-5-6-12(10-13)15-11-21-18(20)17(22-15)19-23-14-8-3-4-9-16(14)26-19/h3-11H,2H2,1H3,(H2,20,21). The minimum atomic E-state index is -3.32. The molecule has 0 spiro atoms. The zero-order chi connectivity index (χ0) is 19.0. The third-order valence-corrected chi connectivity index (χ3v) is 5.90. The van der Waals surface area contributed by atoms with Crippen LogP contribution in [0.1, 0.15) is 6.92 Å². The van der Waals surface area contributed by atoms with Crippen molar-refractivity contribution in [3.8, 4) is 22.8 Å². The van der Waals surface area contributed by atoms with Gasteiger partial charge in [0.1, 0.15) is 5.52 Å². The van der Waals surface area contributed by atoms with Gasteiger partial charge >= 0.3 is 0 Å². The molecular weight excluding hydrogens is 364 g/mol. The number of fused-ring (bicyclic) bond motifs is 1. The Morgan fingerprint density at radius 2 is 1.89 bits per heavy atom. The third kappa shape index (κ3) is 3.15. The minimum absolute atomic E-state index is 0.0258. The number of rotatable bonds is 4. The van der Waals surface area contributed by atoms with Crippen LogP contribution in [0.25, 0.3) is 33.9 Å². The largest absolute Gasteiger partial charge is 0.435 e. The number of benzene rings is 2. The molecule has 0 radical (unpaired) electrons. The summed E-state index contributed by atoms with van der Waals surface area (Å²) >= 11 is 0. The molecule has 2 aromatic heterocycles. The number of hydrogen-bond acceptors (Lipinski definition) is 7. The maximum absolute atomic E-state index is 12.1. The summed E-state index contributed by atoms with van der Waals surface area (Å²) in [6.45, 7) is 1.61. The van der Waals surface area contributed by atoms with E-state index in [1.807, 2.05) is 18.2 Å². The first kappa shape index (κ1) is 17.2. The van der Waals surface area contributed by atoms with Gasteiger partial charge in [0.25, 0.3) is 0 Å². The molecule has 27 heavy (non-hydrogen) atoms. The van der Waals surface area contributed by atoms with Crippen LogP contribution in [0.4, 0.5) is 5.82 Å². The maximum atomic E-state index is 12.1. The minimum Gasteiger partial charge on any atom is -0.435 e. The van der Waals surface area contributed by atoms with Crippen LogP contribution >= 0.6 is 0 Å². The van der Waals surface area contributed by atoms with Gasteiger partial charge in [-0.05, 0) is 24.3 Å². The van der Waals surface area contributed by atoms with Gasteiger partial charge in [-0.15, -0.1) is 0 Å². The highest BCUT2D eigenvalue weighted by molar-refractivity contribution is 7.91. The van der Waals surface area contributed by atoms with Crippen molar-refractivity contribution in [3.63, 3.8) is 0 Å². The molecule has 136 valence electrons. The molecule has 0 aliphatic carbocycles. The number of hydrogen-bond donors (Lipinski definition) is 1. The van der Waals surface area contributed by atoms with Crippen molar-refractivity contribution in [2.24, 2.45) is 0 Å². The molecule has 2 heterocycles. The van der Waals surface area contributed by atoms with E-state index in [1.54, 1.807) is 37.3 Å². The Hall–Kier alpha value is -3.26. The van der Waals surface area contributed by atoms with Crippen molar-refractivity contribution in [1.82, 2.24) is 15.0 Å². The first-order valence-electron chi connectivity index (χ1n) is 8.29. The van der Waals surface area contributed by atoms with Crippen molar-refractivity contribution in [1.29, 1.82) is 0 Å². The molecule has 4 rings (SSSR count). The van der Waals surface area contributed by atoms with Crippen LogP contribution in [0.5, 0.6) is 0 Å². The first-order valence-corrected chi connectivity index (χ1v) is 9.95. The van der Waals surface area contributed by atoms with Crippen LogP contribution in [0.15, 0.2) is 64.0 Å². The number of nitrogens with two attached hydrogens (primary N) is 1. The molecule has 0 unspecified atom stereocenters. The van der Waals surface area contributed by atoms with E-state index in [0.717, 1.165) is 0 Å². The molecule has 0 amide bonds. The Morgan fingerprint density at radius 3 is 2.67 bits per heavy atom. The second-order valence-corrected chi connectivity index (χ2v) is 8.19. The van der Waals surface area contributed by atoms with Crippen molar-refractivity contribution in [2.45, 2.75) is 11.8 Å². The summed E-state index contributed by atoms with van der Waals surface area (Å²) in [5.41, 5.74) is 8.70. The van der Waals surface area contributed by atoms with Gasteiger partial charge in [-0.25, -0.2) is 23.4 Å². The molecule has 4 aromatic rings. The van der Waals surface area contributed by atoms with Crippen molar-refractivity contribution in [3.05, 3.63) is 54.7 Å². The molecule has 2 aromatic carbocycles. The average molecular weight is 380 g/mol. The summed E-state index contributed by atoms with van der Waals surface area (Å²) in [4.78, 5) is 13.3. The van der Waals surface area contributed by atoms with Crippen molar-refractivity contribution < 1.29 is 12.8 Å². The van der Waals surface area contributed by atoms with Gasteiger partial charge in [0, 0.05) is 5.56 Å². The smallest absolute Gasteiger partial charge is 0.250 e. The van der Waals surface area contributed by atoms with Gasteiger partial charge in [0.05, 0.1) is 22.5 Å². The third-order valence-electron chi connectivity index (χ3n) is 4.17. The first-order chi connectivity index (χ1) is 13.0. The molecule has 0 saturated heterocycles. The molecule has 0 aliphatic rings. The van der Waals surface area contributed by atoms with Crippen LogP contribution in [0.3, 0.4) is 0 Å². The van der Waals surface area contributed by atoms with Gasteiger partial charge in [0.2, 0.25) is 5.89 Å². The molecule has 0 atom stereocenters. The fourth-order valence-electron chi connectivity index (χ4n) is 2.68. The Bertz CT molecular complexity index is 1220. The molecule has 8 heteroatoms. The van der Waals surface area contributed by atoms with Crippen molar-refractivity contribution in [2.75, 3.05) is 11.5 Å². The summed E-state index contributed by atoms with van der Waals surface area (Å²) in [6.07, 6.45) is 1.50. The number of sulfone groups is 1. The van der Waals surface area contributed by atoms with Gasteiger partial charge < -0.3 is 10.2 Å². The van der Waals surface area contributed by atoms with E-state index in [2.05, 4.69) is 15.0 Å². The second kappa shape index (κ2) is 6.48. The van der Waals surface area contributed by atoms with Gasteiger partial charge in [-0.3, -0.25) is 0 Å². The van der Waals surface area contributed by atoms with E-state index >= 15 is 0 Å². The lowest BCUT2D eigenvalue weighted by molar-refractivity contribution is 0.597. The molecule has 0 bridgehead atoms. The lowest BCUT2D eigenvalue weighted by Gasteiger charge is -2.07. The Kier molecular flexibility index (Phi) is 4.12. The van der Waals surface area contributed by atoms with Crippen LogP contribution in [0.2, 0.25) is 0 Å². The summed E-state index contributed by atoms with van der Waals surface area (Å²) < 4.78 is 30.0. The van der Waals surface area contributed by atoms with Gasteiger partial charge in [-0.1, -0.05) is 31.2 Å². The summed E-state index contributed by atoms with van der Waals surface area (Å²) in [5.74, 6) is 0.473. The number of para-hydroxylation sites is 2. The molecular formula is C19H16N4O3S. The van der Waals surface area contributed by atoms with Crippen LogP contribution in [-0.4, -0.2) is 29.1 Å². The molecule has 2 N–H and O–H groups in total. The van der Waals surface area contributed by atoms with Crippen LogP contribution in [0, 0.1) is 0 Å². The molecule has 0 aliphatic heterocycles. The second-order valence-electron chi connectivity index (χ2n) is 5.91. The molecule has 0 saturated carbocycles. The maximum Gasteiger partial charge on any atom is 0.250 e. The van der Waals surface area contributed by atoms with Gasteiger partial charge in [-0.2, -0.15) is 0 Å². The van der Waals surface area contributed by atoms with E-state index in [9.17, 15) is 8.42 Å². The fraction of sp³-hybridized carbons (Fsp3) is 0.105. The quantitative estimate of drug-likeness (QED) is 0.578. The Balaban J connectivity index is 1.82. The predicted octanol–water partition coefficient (Wildman–Crippen LogP) is 3.33. The SMILES string of the molecule is CCS(=O)(=O)c1cccc(-c2cnc(N)c(-c3nc4ccccc4o3)n2)c1. The van der Waals surface area contributed by atoms with Crippen LogP contribution in [-0.2, 0) is 9.84 Å². The number of anilines is 1. The Labute approximate surface area is 155 Å². The van der Waals surface area contributed by atoms with Gasteiger partial charge in [0.15, 0.2) is 26.9 Å². The lowest BCUT2D eigenvalue weighted by Crippen LogP contribution is -2.04. The highest BCUT2D eigenvalue weighted by Crippen LogP contribution is 2.29. The van der Waals surface area contributed by atoms with Crippen LogP contribution < -0.4 is 5.73 Å². The molecule has 7 nitrogen and oxygen atoms in total. The molecule has 0 fully saturated rings. The average Bonchev–Trinajstić information content (AvgIpc) is 3.12. The normalized spacial score (nSPS) is 11.7. The van der Waals surface area contributed by atoms with E-state index < -0.39 is 9.84 Å². The lowest BCUT2D eigenvalue weighted by atomic mass is 10.1. The summed E-state index contributed by atoms with van der Waals surface area (Å²) in [5, 5.41) is 0. The predicted molar refractivity (Wildman–Crippen MR) is 103 cm³/mol. The number of nitrogens with zero attached hydrogens (tertiary/aromatic N) is 3. The highest BCUT2D eigenvalue weighted by Gasteiger charge is 2.17. The van der Waals surface area contributed by atoms with E-state index in [4.69, 9.17) is 10.2 Å². The number of oxazole rings is 1. The zero-order valence-corrected chi connectivity index (χ0v) is 15.3.